The molecule has 1 saturated carbocycles. The molecular weight excluding hydrogens is 282 g/mol. The average Bonchev–Trinajstić information content (AvgIpc) is 3.36. The molecule has 2 aliphatic rings. The number of carbonyl (C=O) groups excluding carboxylic acids is 2. The van der Waals surface area contributed by atoms with Gasteiger partial charge in [-0.1, -0.05) is 0 Å². The molecule has 1 aliphatic heterocycles. The Balaban J connectivity index is 1.84. The molecule has 1 aromatic rings. The van der Waals surface area contributed by atoms with E-state index < -0.39 is 0 Å². The van der Waals surface area contributed by atoms with Crippen LogP contribution < -0.4 is 10.9 Å². The summed E-state index contributed by atoms with van der Waals surface area (Å²) < 4.78 is 1.36. The molecule has 3 rings (SSSR count). The van der Waals surface area contributed by atoms with Crippen LogP contribution in [0.15, 0.2) is 17.1 Å². The minimum Gasteiger partial charge on any atom is -0.339 e. The minimum atomic E-state index is -0.288. The van der Waals surface area contributed by atoms with Crippen LogP contribution in [0, 0.1) is 5.92 Å². The van der Waals surface area contributed by atoms with E-state index in [9.17, 15) is 14.4 Å². The Morgan fingerprint density at radius 2 is 1.86 bits per heavy atom. The second kappa shape index (κ2) is 5.94. The van der Waals surface area contributed by atoms with Gasteiger partial charge in [0.05, 0.1) is 5.56 Å². The van der Waals surface area contributed by atoms with Gasteiger partial charge in [0.15, 0.2) is 0 Å². The van der Waals surface area contributed by atoms with Gasteiger partial charge in [-0.05, 0) is 38.2 Å². The van der Waals surface area contributed by atoms with Crippen LogP contribution in [-0.4, -0.2) is 34.4 Å². The molecule has 6 nitrogen and oxygen atoms in total. The highest BCUT2D eigenvalue weighted by atomic mass is 16.2. The molecule has 0 aromatic carbocycles. The van der Waals surface area contributed by atoms with Crippen molar-refractivity contribution in [3.8, 4) is 0 Å². The van der Waals surface area contributed by atoms with Gasteiger partial charge in [-0.2, -0.15) is 0 Å². The minimum absolute atomic E-state index is 0.0196. The number of nitrogens with one attached hydrogen (secondary N) is 1. The van der Waals surface area contributed by atoms with Gasteiger partial charge in [-0.3, -0.25) is 14.4 Å². The highest BCUT2D eigenvalue weighted by Crippen LogP contribution is 2.29. The molecule has 6 heteroatoms. The Morgan fingerprint density at radius 3 is 2.50 bits per heavy atom. The maximum atomic E-state index is 12.5. The van der Waals surface area contributed by atoms with Gasteiger partial charge in [0.2, 0.25) is 5.91 Å². The highest BCUT2D eigenvalue weighted by molar-refractivity contribution is 5.97. The Hall–Kier alpha value is -2.11. The van der Waals surface area contributed by atoms with Gasteiger partial charge in [0, 0.05) is 32.3 Å². The van der Waals surface area contributed by atoms with E-state index in [2.05, 4.69) is 5.32 Å². The third-order valence-corrected chi connectivity index (χ3v) is 4.28. The second-order valence-corrected chi connectivity index (χ2v) is 6.17. The number of hydrogen-bond donors (Lipinski definition) is 1. The van der Waals surface area contributed by atoms with Crippen LogP contribution in [0.25, 0.3) is 0 Å². The van der Waals surface area contributed by atoms with Gasteiger partial charge >= 0.3 is 0 Å². The summed E-state index contributed by atoms with van der Waals surface area (Å²) in [6.45, 7) is 1.51. The standard InChI is InChI=1S/C16H21N3O3/c1-18-10-12(15(21)19-7-3-2-4-8-19)9-13(16(18)22)17-14(20)11-5-6-11/h9-11H,2-8H2,1H3,(H,17,20). The molecule has 0 unspecified atom stereocenters. The Bertz CT molecular complexity index is 655. The molecule has 1 aliphatic carbocycles. The number of carbonyl (C=O) groups is 2. The number of piperidine rings is 1. The van der Waals surface area contributed by atoms with Crippen molar-refractivity contribution < 1.29 is 9.59 Å². The van der Waals surface area contributed by atoms with Crippen LogP contribution >= 0.6 is 0 Å². The average molecular weight is 303 g/mol. The van der Waals surface area contributed by atoms with E-state index in [1.165, 1.54) is 10.6 Å². The molecule has 0 atom stereocenters. The van der Waals surface area contributed by atoms with Crippen molar-refractivity contribution in [2.75, 3.05) is 18.4 Å². The summed E-state index contributed by atoms with van der Waals surface area (Å²) in [7, 11) is 1.60. The first-order chi connectivity index (χ1) is 10.6. The van der Waals surface area contributed by atoms with Crippen LogP contribution in [0.2, 0.25) is 0 Å². The van der Waals surface area contributed by atoms with Crippen molar-refractivity contribution in [3.63, 3.8) is 0 Å². The number of hydrogen-bond acceptors (Lipinski definition) is 3. The van der Waals surface area contributed by atoms with Gasteiger partial charge in [0.25, 0.3) is 11.5 Å². The summed E-state index contributed by atoms with van der Waals surface area (Å²) in [4.78, 5) is 38.3. The second-order valence-electron chi connectivity index (χ2n) is 6.17. The summed E-state index contributed by atoms with van der Waals surface area (Å²) in [5, 5.41) is 2.67. The van der Waals surface area contributed by atoms with E-state index in [1.807, 2.05) is 4.90 Å². The first-order valence-corrected chi connectivity index (χ1v) is 7.87. The lowest BCUT2D eigenvalue weighted by Crippen LogP contribution is -2.36. The largest absolute Gasteiger partial charge is 0.339 e. The normalized spacial score (nSPS) is 18.1. The molecule has 118 valence electrons. The first-order valence-electron chi connectivity index (χ1n) is 7.87. The molecule has 2 fully saturated rings. The molecule has 2 heterocycles. The number of likely N-dealkylation sites (tertiary alicyclic amines) is 1. The fourth-order valence-electron chi connectivity index (χ4n) is 2.78. The summed E-state index contributed by atoms with van der Waals surface area (Å²) >= 11 is 0. The maximum Gasteiger partial charge on any atom is 0.274 e. The van der Waals surface area contributed by atoms with Crippen LogP contribution in [0.1, 0.15) is 42.5 Å². The molecule has 0 spiro atoms. The molecule has 2 amide bonds. The van der Waals surface area contributed by atoms with Gasteiger partial charge in [-0.25, -0.2) is 0 Å². The smallest absolute Gasteiger partial charge is 0.274 e. The van der Waals surface area contributed by atoms with Crippen LogP contribution in [0.5, 0.6) is 0 Å². The molecule has 1 saturated heterocycles. The van der Waals surface area contributed by atoms with Crippen molar-refractivity contribution >= 4 is 17.5 Å². The van der Waals surface area contributed by atoms with Crippen LogP contribution in [-0.2, 0) is 11.8 Å². The van der Waals surface area contributed by atoms with E-state index in [4.69, 9.17) is 0 Å². The maximum absolute atomic E-state index is 12.5. The molecule has 0 radical (unpaired) electrons. The van der Waals surface area contributed by atoms with Gasteiger partial charge < -0.3 is 14.8 Å². The zero-order valence-corrected chi connectivity index (χ0v) is 12.8. The lowest BCUT2D eigenvalue weighted by atomic mass is 10.1. The van der Waals surface area contributed by atoms with E-state index in [0.29, 0.717) is 5.56 Å². The number of aromatic nitrogens is 1. The summed E-state index contributed by atoms with van der Waals surface area (Å²) in [5.74, 6) is -0.178. The third kappa shape index (κ3) is 3.05. The summed E-state index contributed by atoms with van der Waals surface area (Å²) in [5.41, 5.74) is 0.363. The lowest BCUT2D eigenvalue weighted by molar-refractivity contribution is -0.117. The van der Waals surface area contributed by atoms with Gasteiger partial charge in [0.1, 0.15) is 5.69 Å². The zero-order chi connectivity index (χ0) is 15.7. The lowest BCUT2D eigenvalue weighted by Gasteiger charge is -2.27. The number of rotatable bonds is 3. The molecule has 1 N–H and O–H groups in total. The fourth-order valence-corrected chi connectivity index (χ4v) is 2.78. The first kappa shape index (κ1) is 14.8. The Labute approximate surface area is 129 Å². The van der Waals surface area contributed by atoms with Crippen LogP contribution in [0.3, 0.4) is 0 Å². The van der Waals surface area contributed by atoms with E-state index in [0.717, 1.165) is 45.2 Å². The van der Waals surface area contributed by atoms with E-state index in [1.54, 1.807) is 13.2 Å². The van der Waals surface area contributed by atoms with Crippen molar-refractivity contribution in [1.82, 2.24) is 9.47 Å². The summed E-state index contributed by atoms with van der Waals surface area (Å²) in [6, 6.07) is 1.51. The van der Waals surface area contributed by atoms with Crippen molar-refractivity contribution in [1.29, 1.82) is 0 Å². The fraction of sp³-hybridized carbons (Fsp3) is 0.562. The predicted octanol–water partition coefficient (Wildman–Crippen LogP) is 1.36. The number of aryl methyl sites for hydroxylation is 1. The number of amides is 2. The van der Waals surface area contributed by atoms with Gasteiger partial charge in [-0.15, -0.1) is 0 Å². The van der Waals surface area contributed by atoms with E-state index in [-0.39, 0.29) is 29.0 Å². The zero-order valence-electron chi connectivity index (χ0n) is 12.8. The quantitative estimate of drug-likeness (QED) is 0.916. The van der Waals surface area contributed by atoms with Crippen LogP contribution in [0.4, 0.5) is 5.69 Å². The third-order valence-electron chi connectivity index (χ3n) is 4.28. The summed E-state index contributed by atoms with van der Waals surface area (Å²) in [6.07, 6.45) is 6.48. The number of nitrogens with zero attached hydrogens (tertiary/aromatic N) is 2. The number of anilines is 1. The van der Waals surface area contributed by atoms with Crippen molar-refractivity contribution in [3.05, 3.63) is 28.2 Å². The molecule has 0 bridgehead atoms. The highest BCUT2D eigenvalue weighted by Gasteiger charge is 2.30. The Morgan fingerprint density at radius 1 is 1.18 bits per heavy atom. The van der Waals surface area contributed by atoms with E-state index >= 15 is 0 Å². The molecule has 1 aromatic heterocycles. The molecule has 22 heavy (non-hydrogen) atoms. The topological polar surface area (TPSA) is 71.4 Å². The monoisotopic (exact) mass is 303 g/mol. The number of pyridine rings is 1. The SMILES string of the molecule is Cn1cc(C(=O)N2CCCCC2)cc(NC(=O)C2CC2)c1=O. The van der Waals surface area contributed by atoms with Crippen molar-refractivity contribution in [2.45, 2.75) is 32.1 Å². The predicted molar refractivity (Wildman–Crippen MR) is 82.8 cm³/mol. The Kier molecular flexibility index (Phi) is 4.00. The van der Waals surface area contributed by atoms with Crippen molar-refractivity contribution in [2.24, 2.45) is 13.0 Å². The molecular formula is C16H21N3O3.